The molecule has 2 fully saturated rings. The summed E-state index contributed by atoms with van der Waals surface area (Å²) in [6, 6.07) is 7.70. The highest BCUT2D eigenvalue weighted by atomic mass is 32.2. The molecule has 0 aliphatic carbocycles. The minimum absolute atomic E-state index is 0.0715. The summed E-state index contributed by atoms with van der Waals surface area (Å²) in [6.07, 6.45) is 4.83. The van der Waals surface area contributed by atoms with E-state index in [1.54, 1.807) is 16.7 Å². The maximum absolute atomic E-state index is 12.6. The molecule has 2 aliphatic heterocycles. The first kappa shape index (κ1) is 16.4. The van der Waals surface area contributed by atoms with Gasteiger partial charge >= 0.3 is 0 Å². The van der Waals surface area contributed by atoms with Crippen LogP contribution in [-0.4, -0.2) is 33.4 Å². The molecule has 0 aromatic heterocycles. The van der Waals surface area contributed by atoms with Gasteiger partial charge in [0.1, 0.15) is 6.04 Å². The van der Waals surface area contributed by atoms with E-state index in [1.165, 1.54) is 18.4 Å². The second kappa shape index (κ2) is 6.56. The molecule has 2 saturated heterocycles. The van der Waals surface area contributed by atoms with Crippen molar-refractivity contribution in [2.24, 2.45) is 0 Å². The van der Waals surface area contributed by atoms with Crippen molar-refractivity contribution < 1.29 is 9.59 Å². The Balaban J connectivity index is 1.64. The number of carbonyl (C=O) groups excluding carboxylic acids is 2. The first-order valence-electron chi connectivity index (χ1n) is 8.39. The fourth-order valence-electron chi connectivity index (χ4n) is 3.38. The number of thioether (sulfide) groups is 1. The van der Waals surface area contributed by atoms with E-state index in [4.69, 9.17) is 0 Å². The third kappa shape index (κ3) is 3.25. The van der Waals surface area contributed by atoms with Crippen molar-refractivity contribution in [3.05, 3.63) is 29.8 Å². The minimum atomic E-state index is -0.347. The van der Waals surface area contributed by atoms with E-state index in [-0.39, 0.29) is 22.7 Å². The molecule has 4 nitrogen and oxygen atoms in total. The zero-order valence-electron chi connectivity index (χ0n) is 13.8. The molecule has 1 aromatic carbocycles. The van der Waals surface area contributed by atoms with Crippen LogP contribution < -0.4 is 5.32 Å². The molecule has 0 spiro atoms. The lowest BCUT2D eigenvalue weighted by Crippen LogP contribution is -2.48. The fraction of sp³-hybridized carbons (Fsp3) is 0.556. The topological polar surface area (TPSA) is 49.4 Å². The van der Waals surface area contributed by atoms with E-state index in [1.807, 2.05) is 12.1 Å². The second-order valence-electron chi connectivity index (χ2n) is 6.56. The quantitative estimate of drug-likeness (QED) is 0.899. The van der Waals surface area contributed by atoms with Crippen molar-refractivity contribution in [2.75, 3.05) is 11.1 Å². The number of aryl methyl sites for hydroxylation is 1. The van der Waals surface area contributed by atoms with Gasteiger partial charge in [0.15, 0.2) is 0 Å². The van der Waals surface area contributed by atoms with Crippen LogP contribution in [0.5, 0.6) is 0 Å². The summed E-state index contributed by atoms with van der Waals surface area (Å²) in [4.78, 5) is 26.3. The number of unbranched alkanes of at least 4 members (excludes halogenated alkanes) is 1. The van der Waals surface area contributed by atoms with Crippen LogP contribution in [0.25, 0.3) is 0 Å². The van der Waals surface area contributed by atoms with Crippen LogP contribution in [0.15, 0.2) is 24.3 Å². The smallest absolute Gasteiger partial charge is 0.248 e. The van der Waals surface area contributed by atoms with Crippen LogP contribution >= 0.6 is 11.8 Å². The summed E-state index contributed by atoms with van der Waals surface area (Å²) in [5.41, 5.74) is 2.10. The van der Waals surface area contributed by atoms with Crippen LogP contribution in [0.4, 0.5) is 5.69 Å². The molecule has 23 heavy (non-hydrogen) atoms. The molecular weight excluding hydrogens is 308 g/mol. The number of benzene rings is 1. The molecule has 3 rings (SSSR count). The minimum Gasteiger partial charge on any atom is -0.324 e. The Kier molecular flexibility index (Phi) is 4.67. The highest BCUT2D eigenvalue weighted by molar-refractivity contribution is 8.01. The van der Waals surface area contributed by atoms with Gasteiger partial charge in [0.25, 0.3) is 0 Å². The Hall–Kier alpha value is -1.49. The summed E-state index contributed by atoms with van der Waals surface area (Å²) in [5, 5.41) is 2.97. The maximum Gasteiger partial charge on any atom is 0.248 e. The van der Waals surface area contributed by atoms with Crippen LogP contribution in [0.1, 0.15) is 45.1 Å². The van der Waals surface area contributed by atoms with E-state index in [9.17, 15) is 9.59 Å². The SMILES string of the molecule is CCCCc1ccc(NC(=O)[C@@H]2CS[C@@]3(C)CCC(=O)N23)cc1. The van der Waals surface area contributed by atoms with Crippen LogP contribution in [0.3, 0.4) is 0 Å². The zero-order chi connectivity index (χ0) is 16.4. The number of fused-ring (bicyclic) bond motifs is 1. The Labute approximate surface area is 142 Å². The van der Waals surface area contributed by atoms with Gasteiger partial charge in [-0.15, -0.1) is 11.8 Å². The first-order valence-corrected chi connectivity index (χ1v) is 9.38. The summed E-state index contributed by atoms with van der Waals surface area (Å²) in [5.74, 6) is 0.716. The van der Waals surface area contributed by atoms with Gasteiger partial charge in [-0.05, 0) is 43.9 Å². The van der Waals surface area contributed by atoms with Crippen molar-refractivity contribution in [2.45, 2.75) is 56.9 Å². The van der Waals surface area contributed by atoms with Crippen LogP contribution in [0, 0.1) is 0 Å². The third-order valence-electron chi connectivity index (χ3n) is 4.79. The summed E-state index contributed by atoms with van der Waals surface area (Å²) < 4.78 is 0. The van der Waals surface area contributed by atoms with Crippen molar-refractivity contribution in [1.82, 2.24) is 4.90 Å². The van der Waals surface area contributed by atoms with Crippen LogP contribution in [-0.2, 0) is 16.0 Å². The van der Waals surface area contributed by atoms with Crippen molar-refractivity contribution in [3.63, 3.8) is 0 Å². The number of hydrogen-bond donors (Lipinski definition) is 1. The monoisotopic (exact) mass is 332 g/mol. The van der Waals surface area contributed by atoms with Gasteiger partial charge < -0.3 is 10.2 Å². The predicted molar refractivity (Wildman–Crippen MR) is 94.4 cm³/mol. The Morgan fingerprint density at radius 3 is 2.83 bits per heavy atom. The van der Waals surface area contributed by atoms with Gasteiger partial charge in [-0.2, -0.15) is 0 Å². The van der Waals surface area contributed by atoms with Crippen molar-refractivity contribution in [1.29, 1.82) is 0 Å². The van der Waals surface area contributed by atoms with Gasteiger partial charge in [-0.1, -0.05) is 25.5 Å². The molecule has 2 aliphatic rings. The van der Waals surface area contributed by atoms with Gasteiger partial charge in [0, 0.05) is 17.9 Å². The number of nitrogens with one attached hydrogen (secondary N) is 1. The molecule has 5 heteroatoms. The van der Waals surface area contributed by atoms with E-state index < -0.39 is 0 Å². The number of anilines is 1. The molecule has 124 valence electrons. The number of amides is 2. The summed E-state index contributed by atoms with van der Waals surface area (Å²) >= 11 is 1.72. The largest absolute Gasteiger partial charge is 0.324 e. The van der Waals surface area contributed by atoms with E-state index in [2.05, 4.69) is 31.3 Å². The molecule has 2 heterocycles. The predicted octanol–water partition coefficient (Wildman–Crippen LogP) is 3.42. The maximum atomic E-state index is 12.6. The average Bonchev–Trinajstić information content (AvgIpc) is 3.03. The van der Waals surface area contributed by atoms with Gasteiger partial charge in [0.05, 0.1) is 4.87 Å². The van der Waals surface area contributed by atoms with Crippen molar-refractivity contribution in [3.8, 4) is 0 Å². The Morgan fingerprint density at radius 1 is 1.39 bits per heavy atom. The lowest BCUT2D eigenvalue weighted by atomic mass is 10.1. The number of hydrogen-bond acceptors (Lipinski definition) is 3. The van der Waals surface area contributed by atoms with Gasteiger partial charge in [-0.25, -0.2) is 0 Å². The molecule has 2 amide bonds. The zero-order valence-corrected chi connectivity index (χ0v) is 14.6. The summed E-state index contributed by atoms with van der Waals surface area (Å²) in [6.45, 7) is 4.25. The lowest BCUT2D eigenvalue weighted by molar-refractivity contribution is -0.135. The van der Waals surface area contributed by atoms with Gasteiger partial charge in [-0.3, -0.25) is 9.59 Å². The average molecular weight is 332 g/mol. The lowest BCUT2D eigenvalue weighted by Gasteiger charge is -2.29. The molecule has 0 radical (unpaired) electrons. The van der Waals surface area contributed by atoms with E-state index >= 15 is 0 Å². The molecule has 0 unspecified atom stereocenters. The molecular formula is C18H24N2O2S. The number of rotatable bonds is 5. The normalized spacial score (nSPS) is 26.4. The summed E-state index contributed by atoms with van der Waals surface area (Å²) in [7, 11) is 0. The Morgan fingerprint density at radius 2 is 2.13 bits per heavy atom. The number of carbonyl (C=O) groups is 2. The van der Waals surface area contributed by atoms with E-state index in [0.29, 0.717) is 12.2 Å². The first-order chi connectivity index (χ1) is 11.0. The molecule has 0 bridgehead atoms. The Bertz CT molecular complexity index is 602. The van der Waals surface area contributed by atoms with Crippen molar-refractivity contribution >= 4 is 29.3 Å². The molecule has 0 saturated carbocycles. The fourth-order valence-corrected chi connectivity index (χ4v) is 4.81. The third-order valence-corrected chi connectivity index (χ3v) is 6.29. The second-order valence-corrected chi connectivity index (χ2v) is 8.06. The highest BCUT2D eigenvalue weighted by Crippen LogP contribution is 2.47. The van der Waals surface area contributed by atoms with Gasteiger partial charge in [0.2, 0.25) is 11.8 Å². The molecule has 2 atom stereocenters. The molecule has 1 aromatic rings. The highest BCUT2D eigenvalue weighted by Gasteiger charge is 2.52. The number of nitrogens with zero attached hydrogens (tertiary/aromatic N) is 1. The molecule has 1 N–H and O–H groups in total. The standard InChI is InChI=1S/C18H24N2O2S/c1-3-4-5-13-6-8-14(9-7-13)19-17(22)15-12-23-18(2)11-10-16(21)20(15)18/h6-9,15H,3-5,10-12H2,1-2H3,(H,19,22)/t15-,18-/m0/s1. The van der Waals surface area contributed by atoms with E-state index in [0.717, 1.165) is 18.5 Å². The van der Waals surface area contributed by atoms with Crippen LogP contribution in [0.2, 0.25) is 0 Å².